The van der Waals surface area contributed by atoms with E-state index in [9.17, 15) is 0 Å². The van der Waals surface area contributed by atoms with E-state index < -0.39 is 0 Å². The van der Waals surface area contributed by atoms with Crippen molar-refractivity contribution in [3.8, 4) is 6.07 Å². The Bertz CT molecular complexity index is 634. The molecule has 0 amide bonds. The Morgan fingerprint density at radius 1 is 1.22 bits per heavy atom. The van der Waals surface area contributed by atoms with E-state index >= 15 is 0 Å². The van der Waals surface area contributed by atoms with Crippen LogP contribution in [0.15, 0.2) is 30.3 Å². The first-order valence-electron chi connectivity index (χ1n) is 4.99. The minimum absolute atomic E-state index is 0.194. The summed E-state index contributed by atoms with van der Waals surface area (Å²) in [4.78, 5) is 4.04. The van der Waals surface area contributed by atoms with Crippen LogP contribution in [0, 0.1) is 11.3 Å². The zero-order chi connectivity index (χ0) is 13.1. The topological polar surface area (TPSA) is 74.7 Å². The Morgan fingerprint density at radius 2 is 2.00 bits per heavy atom. The molecular weight excluding hydrogens is 271 g/mol. The Labute approximate surface area is 114 Å². The predicted octanol–water partition coefficient (Wildman–Crippen LogP) is 3.59. The van der Waals surface area contributed by atoms with Gasteiger partial charge in [-0.15, -0.1) is 0 Å². The number of nitrogen functional groups attached to an aromatic ring is 1. The highest BCUT2D eigenvalue weighted by Gasteiger charge is 2.07. The SMILES string of the molecule is N#Cc1cccc(Nc2nc(N)c(Cl)cc2Cl)c1. The van der Waals surface area contributed by atoms with E-state index in [2.05, 4.69) is 10.3 Å². The summed E-state index contributed by atoms with van der Waals surface area (Å²) in [5, 5.41) is 12.4. The molecule has 6 heteroatoms. The van der Waals surface area contributed by atoms with Crippen LogP contribution in [0.1, 0.15) is 5.56 Å². The quantitative estimate of drug-likeness (QED) is 0.880. The Morgan fingerprint density at radius 3 is 2.72 bits per heavy atom. The summed E-state index contributed by atoms with van der Waals surface area (Å²) in [6, 6.07) is 10.5. The highest BCUT2D eigenvalue weighted by molar-refractivity contribution is 6.37. The number of nitrogens with two attached hydrogens (primary N) is 1. The predicted molar refractivity (Wildman–Crippen MR) is 73.1 cm³/mol. The molecule has 0 bridgehead atoms. The number of rotatable bonds is 2. The number of pyridine rings is 1. The summed E-state index contributed by atoms with van der Waals surface area (Å²) in [6.45, 7) is 0. The summed E-state index contributed by atoms with van der Waals surface area (Å²) in [6.07, 6.45) is 0. The normalized spacial score (nSPS) is 9.83. The number of nitrogens with one attached hydrogen (secondary N) is 1. The summed E-state index contributed by atoms with van der Waals surface area (Å²) >= 11 is 11.8. The number of benzene rings is 1. The van der Waals surface area contributed by atoms with E-state index in [0.29, 0.717) is 27.1 Å². The number of aromatic nitrogens is 1. The van der Waals surface area contributed by atoms with Gasteiger partial charge in [-0.05, 0) is 24.3 Å². The molecule has 3 N–H and O–H groups in total. The van der Waals surface area contributed by atoms with E-state index in [1.807, 2.05) is 6.07 Å². The largest absolute Gasteiger partial charge is 0.382 e. The van der Waals surface area contributed by atoms with E-state index in [0.717, 1.165) is 0 Å². The van der Waals surface area contributed by atoms with Crippen LogP contribution >= 0.6 is 23.2 Å². The van der Waals surface area contributed by atoms with Crippen molar-refractivity contribution in [2.75, 3.05) is 11.1 Å². The fourth-order valence-electron chi connectivity index (χ4n) is 1.37. The molecule has 1 heterocycles. The lowest BCUT2D eigenvalue weighted by Gasteiger charge is -2.09. The number of hydrogen-bond donors (Lipinski definition) is 2. The van der Waals surface area contributed by atoms with Crippen LogP contribution in [0.4, 0.5) is 17.3 Å². The number of halogens is 2. The van der Waals surface area contributed by atoms with Gasteiger partial charge < -0.3 is 11.1 Å². The van der Waals surface area contributed by atoms with Crippen molar-refractivity contribution in [3.63, 3.8) is 0 Å². The van der Waals surface area contributed by atoms with Crippen LogP contribution < -0.4 is 11.1 Å². The zero-order valence-corrected chi connectivity index (χ0v) is 10.6. The lowest BCUT2D eigenvalue weighted by molar-refractivity contribution is 1.31. The first-order valence-corrected chi connectivity index (χ1v) is 5.74. The van der Waals surface area contributed by atoms with Gasteiger partial charge in [-0.2, -0.15) is 5.26 Å². The van der Waals surface area contributed by atoms with Crippen molar-refractivity contribution in [2.45, 2.75) is 0 Å². The number of hydrogen-bond acceptors (Lipinski definition) is 4. The third-order valence-corrected chi connectivity index (χ3v) is 2.80. The molecule has 0 saturated heterocycles. The molecule has 0 unspecified atom stereocenters. The number of nitriles is 1. The highest BCUT2D eigenvalue weighted by Crippen LogP contribution is 2.29. The van der Waals surface area contributed by atoms with Crippen LogP contribution in [-0.2, 0) is 0 Å². The van der Waals surface area contributed by atoms with Crippen LogP contribution in [0.2, 0.25) is 10.0 Å². The van der Waals surface area contributed by atoms with Crippen LogP contribution in [0.5, 0.6) is 0 Å². The molecule has 0 saturated carbocycles. The minimum Gasteiger partial charge on any atom is -0.382 e. The van der Waals surface area contributed by atoms with E-state index in [1.165, 1.54) is 6.07 Å². The summed E-state index contributed by atoms with van der Waals surface area (Å²) in [7, 11) is 0. The fourth-order valence-corrected chi connectivity index (χ4v) is 1.78. The molecule has 0 atom stereocenters. The van der Waals surface area contributed by atoms with Gasteiger partial charge >= 0.3 is 0 Å². The molecule has 1 aromatic heterocycles. The molecule has 4 nitrogen and oxygen atoms in total. The zero-order valence-electron chi connectivity index (χ0n) is 9.11. The van der Waals surface area contributed by atoms with Gasteiger partial charge in [0.15, 0.2) is 5.82 Å². The average Bonchev–Trinajstić information content (AvgIpc) is 2.36. The van der Waals surface area contributed by atoms with Gasteiger partial charge in [0.1, 0.15) is 5.82 Å². The molecule has 0 aliphatic rings. The molecule has 2 rings (SSSR count). The van der Waals surface area contributed by atoms with Crippen molar-refractivity contribution in [3.05, 3.63) is 45.9 Å². The van der Waals surface area contributed by atoms with Gasteiger partial charge in [0.05, 0.1) is 21.7 Å². The van der Waals surface area contributed by atoms with Gasteiger partial charge in [0.25, 0.3) is 0 Å². The van der Waals surface area contributed by atoms with Gasteiger partial charge in [-0.25, -0.2) is 4.98 Å². The average molecular weight is 279 g/mol. The van der Waals surface area contributed by atoms with Gasteiger partial charge in [0.2, 0.25) is 0 Å². The lowest BCUT2D eigenvalue weighted by atomic mass is 10.2. The smallest absolute Gasteiger partial charge is 0.151 e. The van der Waals surface area contributed by atoms with Crippen molar-refractivity contribution in [2.24, 2.45) is 0 Å². The van der Waals surface area contributed by atoms with Crippen molar-refractivity contribution >= 4 is 40.5 Å². The van der Waals surface area contributed by atoms with Crippen molar-refractivity contribution < 1.29 is 0 Å². The van der Waals surface area contributed by atoms with Gasteiger partial charge in [-0.3, -0.25) is 0 Å². The van der Waals surface area contributed by atoms with Crippen LogP contribution in [-0.4, -0.2) is 4.98 Å². The number of nitrogens with zero attached hydrogens (tertiary/aromatic N) is 2. The fraction of sp³-hybridized carbons (Fsp3) is 0. The maximum absolute atomic E-state index is 8.81. The molecule has 0 fully saturated rings. The minimum atomic E-state index is 0.194. The first kappa shape index (κ1) is 12.5. The summed E-state index contributed by atoms with van der Waals surface area (Å²) < 4.78 is 0. The molecule has 0 spiro atoms. The molecule has 0 aliphatic carbocycles. The van der Waals surface area contributed by atoms with Gasteiger partial charge in [-0.1, -0.05) is 29.3 Å². The van der Waals surface area contributed by atoms with E-state index in [-0.39, 0.29) is 5.82 Å². The lowest BCUT2D eigenvalue weighted by Crippen LogP contribution is -1.99. The van der Waals surface area contributed by atoms with E-state index in [4.69, 9.17) is 34.2 Å². The van der Waals surface area contributed by atoms with Crippen LogP contribution in [0.3, 0.4) is 0 Å². The van der Waals surface area contributed by atoms with E-state index in [1.54, 1.807) is 24.3 Å². The van der Waals surface area contributed by atoms with Gasteiger partial charge in [0, 0.05) is 5.69 Å². The molecule has 2 aromatic rings. The molecule has 1 aromatic carbocycles. The second-order valence-electron chi connectivity index (χ2n) is 3.50. The molecule has 0 aliphatic heterocycles. The maximum Gasteiger partial charge on any atom is 0.151 e. The Kier molecular flexibility index (Phi) is 3.56. The number of anilines is 3. The summed E-state index contributed by atoms with van der Waals surface area (Å²) in [5.41, 5.74) is 6.84. The molecule has 0 radical (unpaired) electrons. The van der Waals surface area contributed by atoms with Crippen molar-refractivity contribution in [1.29, 1.82) is 5.26 Å². The van der Waals surface area contributed by atoms with Crippen molar-refractivity contribution in [1.82, 2.24) is 4.98 Å². The molecular formula is C12H8Cl2N4. The third-order valence-electron chi connectivity index (χ3n) is 2.21. The first-order chi connectivity index (χ1) is 8.60. The molecule has 90 valence electrons. The maximum atomic E-state index is 8.81. The summed E-state index contributed by atoms with van der Waals surface area (Å²) in [5.74, 6) is 0.591. The molecule has 18 heavy (non-hydrogen) atoms. The Hall–Kier alpha value is -1.96. The Balaban J connectivity index is 2.34. The standard InChI is InChI=1S/C12H8Cl2N4/c13-9-5-10(14)12(18-11(9)16)17-8-3-1-2-7(4-8)6-15/h1-5H,(H3,16,17,18). The highest BCUT2D eigenvalue weighted by atomic mass is 35.5. The third kappa shape index (κ3) is 2.65. The van der Waals surface area contributed by atoms with Crippen LogP contribution in [0.25, 0.3) is 0 Å². The monoisotopic (exact) mass is 278 g/mol. The second-order valence-corrected chi connectivity index (χ2v) is 4.32. The second kappa shape index (κ2) is 5.13.